The van der Waals surface area contributed by atoms with E-state index in [0.29, 0.717) is 6.61 Å². The van der Waals surface area contributed by atoms with Gasteiger partial charge in [0, 0.05) is 16.6 Å². The molecule has 2 saturated heterocycles. The first-order valence-corrected chi connectivity index (χ1v) is 10.4. The van der Waals surface area contributed by atoms with Gasteiger partial charge in [-0.1, -0.05) is 26.2 Å². The highest BCUT2D eigenvalue weighted by atomic mass is 16.7. The molecule has 8 atom stereocenters. The van der Waals surface area contributed by atoms with E-state index in [0.717, 1.165) is 5.57 Å². The fraction of sp³-hybridized carbons (Fsp3) is 0.652. The van der Waals surface area contributed by atoms with Crippen molar-refractivity contribution in [1.29, 1.82) is 0 Å². The molecule has 4 aliphatic rings. The van der Waals surface area contributed by atoms with Crippen molar-refractivity contribution < 1.29 is 38.7 Å². The number of epoxide rings is 1. The summed E-state index contributed by atoms with van der Waals surface area (Å²) in [5.74, 6) is -1.21. The summed E-state index contributed by atoms with van der Waals surface area (Å²) >= 11 is 0. The van der Waals surface area contributed by atoms with Crippen LogP contribution in [0.15, 0.2) is 36.0 Å². The summed E-state index contributed by atoms with van der Waals surface area (Å²) < 4.78 is 23.6. The first-order chi connectivity index (χ1) is 14.4. The van der Waals surface area contributed by atoms with Gasteiger partial charge in [0.25, 0.3) is 0 Å². The molecular weight excluding hydrogens is 404 g/mol. The molecular formula is C23H30O8. The molecule has 8 heteroatoms. The van der Waals surface area contributed by atoms with Gasteiger partial charge in [-0.2, -0.15) is 0 Å². The smallest absolute Gasteiger partial charge is 0.333 e. The van der Waals surface area contributed by atoms with Gasteiger partial charge in [-0.25, -0.2) is 9.59 Å². The van der Waals surface area contributed by atoms with Gasteiger partial charge < -0.3 is 29.2 Å². The molecule has 0 aromatic rings. The monoisotopic (exact) mass is 434 g/mol. The van der Waals surface area contributed by atoms with Crippen molar-refractivity contribution in [2.24, 2.45) is 10.8 Å². The van der Waals surface area contributed by atoms with E-state index in [-0.39, 0.29) is 24.2 Å². The van der Waals surface area contributed by atoms with E-state index >= 15 is 0 Å². The van der Waals surface area contributed by atoms with Crippen LogP contribution in [-0.2, 0) is 28.5 Å². The van der Waals surface area contributed by atoms with E-state index < -0.39 is 58.9 Å². The average molecular weight is 434 g/mol. The van der Waals surface area contributed by atoms with Crippen LogP contribution in [0.3, 0.4) is 0 Å². The highest BCUT2D eigenvalue weighted by Crippen LogP contribution is 2.72. The van der Waals surface area contributed by atoms with Gasteiger partial charge in [-0.15, -0.1) is 0 Å². The van der Waals surface area contributed by atoms with Crippen LogP contribution in [0.1, 0.15) is 34.1 Å². The number of esters is 2. The summed E-state index contributed by atoms with van der Waals surface area (Å²) in [5, 5.41) is 22.0. The summed E-state index contributed by atoms with van der Waals surface area (Å²) in [6.07, 6.45) is -2.29. The average Bonchev–Trinajstić information content (AvgIpc) is 3.48. The van der Waals surface area contributed by atoms with Crippen LogP contribution in [0.4, 0.5) is 0 Å². The minimum Gasteiger partial charge on any atom is -0.462 e. The fourth-order valence-corrected chi connectivity index (χ4v) is 5.73. The second-order valence-corrected chi connectivity index (χ2v) is 9.60. The number of rotatable bonds is 5. The lowest BCUT2D eigenvalue weighted by molar-refractivity contribution is -0.239. The lowest BCUT2D eigenvalue weighted by Gasteiger charge is -2.58. The predicted octanol–water partition coefficient (Wildman–Crippen LogP) is 1.21. The Kier molecular flexibility index (Phi) is 5.01. The lowest BCUT2D eigenvalue weighted by atomic mass is 9.51. The number of hydrogen-bond acceptors (Lipinski definition) is 8. The fourth-order valence-electron chi connectivity index (χ4n) is 5.73. The number of hydrogen-bond donors (Lipinski definition) is 2. The second-order valence-electron chi connectivity index (χ2n) is 9.60. The van der Waals surface area contributed by atoms with Crippen molar-refractivity contribution in [1.82, 2.24) is 0 Å². The maximum absolute atomic E-state index is 12.5. The maximum Gasteiger partial charge on any atom is 0.333 e. The van der Waals surface area contributed by atoms with Crippen molar-refractivity contribution >= 4 is 11.9 Å². The van der Waals surface area contributed by atoms with E-state index in [1.54, 1.807) is 19.9 Å². The highest BCUT2D eigenvalue weighted by Gasteiger charge is 2.86. The molecule has 2 aliphatic heterocycles. The Balaban J connectivity index is 1.84. The van der Waals surface area contributed by atoms with E-state index in [1.807, 2.05) is 6.92 Å². The van der Waals surface area contributed by atoms with E-state index in [4.69, 9.17) is 18.9 Å². The number of carbonyl (C=O) groups is 2. The summed E-state index contributed by atoms with van der Waals surface area (Å²) in [5.41, 5.74) is -1.77. The molecule has 0 radical (unpaired) electrons. The zero-order valence-corrected chi connectivity index (χ0v) is 18.3. The summed E-state index contributed by atoms with van der Waals surface area (Å²) in [6, 6.07) is 0. The summed E-state index contributed by atoms with van der Waals surface area (Å²) in [4.78, 5) is 24.8. The molecule has 3 unspecified atom stereocenters. The Labute approximate surface area is 181 Å². The van der Waals surface area contributed by atoms with Crippen LogP contribution >= 0.6 is 0 Å². The summed E-state index contributed by atoms with van der Waals surface area (Å²) in [6.45, 7) is 14.2. The molecule has 2 N–H and O–H groups in total. The van der Waals surface area contributed by atoms with Crippen LogP contribution in [0, 0.1) is 10.8 Å². The quantitative estimate of drug-likeness (QED) is 0.287. The van der Waals surface area contributed by atoms with Gasteiger partial charge >= 0.3 is 11.9 Å². The van der Waals surface area contributed by atoms with Crippen molar-refractivity contribution in [3.63, 3.8) is 0 Å². The molecule has 0 aromatic heterocycles. The first-order valence-electron chi connectivity index (χ1n) is 10.4. The molecule has 0 amide bonds. The first kappa shape index (κ1) is 22.2. The largest absolute Gasteiger partial charge is 0.462 e. The summed E-state index contributed by atoms with van der Waals surface area (Å²) in [7, 11) is 0. The normalized spacial score (nSPS) is 44.8. The Morgan fingerprint density at radius 2 is 1.84 bits per heavy atom. The predicted molar refractivity (Wildman–Crippen MR) is 109 cm³/mol. The third-order valence-corrected chi connectivity index (χ3v) is 7.74. The number of carbonyl (C=O) groups excluding carboxylic acids is 2. The molecule has 1 saturated carbocycles. The van der Waals surface area contributed by atoms with Crippen LogP contribution in [0.5, 0.6) is 0 Å². The minimum absolute atomic E-state index is 0.119. The zero-order valence-electron chi connectivity index (χ0n) is 18.3. The van der Waals surface area contributed by atoms with Gasteiger partial charge in [-0.05, 0) is 32.8 Å². The van der Waals surface area contributed by atoms with Crippen molar-refractivity contribution in [2.45, 2.75) is 70.2 Å². The van der Waals surface area contributed by atoms with Gasteiger partial charge in [0.15, 0.2) is 0 Å². The van der Waals surface area contributed by atoms with Crippen molar-refractivity contribution in [3.05, 3.63) is 36.0 Å². The van der Waals surface area contributed by atoms with Crippen molar-refractivity contribution in [2.75, 3.05) is 13.2 Å². The van der Waals surface area contributed by atoms with E-state index in [1.165, 1.54) is 6.92 Å². The third-order valence-electron chi connectivity index (χ3n) is 7.74. The molecule has 8 nitrogen and oxygen atoms in total. The lowest BCUT2D eigenvalue weighted by Crippen LogP contribution is -2.68. The van der Waals surface area contributed by atoms with Crippen LogP contribution in [0.2, 0.25) is 0 Å². The Hall–Kier alpha value is -2.00. The Morgan fingerprint density at radius 1 is 1.23 bits per heavy atom. The second kappa shape index (κ2) is 7.00. The van der Waals surface area contributed by atoms with E-state index in [2.05, 4.69) is 13.2 Å². The van der Waals surface area contributed by atoms with Crippen LogP contribution < -0.4 is 0 Å². The van der Waals surface area contributed by atoms with E-state index in [9.17, 15) is 19.8 Å². The topological polar surface area (TPSA) is 115 Å². The van der Waals surface area contributed by atoms with Gasteiger partial charge in [-0.3, -0.25) is 0 Å². The van der Waals surface area contributed by atoms with Gasteiger partial charge in [0.1, 0.15) is 30.5 Å². The van der Waals surface area contributed by atoms with Gasteiger partial charge in [0.05, 0.1) is 24.2 Å². The molecule has 4 rings (SSSR count). The molecule has 2 bridgehead atoms. The molecule has 2 aliphatic carbocycles. The molecule has 31 heavy (non-hydrogen) atoms. The minimum atomic E-state index is -1.15. The number of aliphatic hydroxyl groups excluding tert-OH is 2. The number of ether oxygens (including phenoxy) is 4. The maximum atomic E-state index is 12.5. The number of aliphatic hydroxyl groups is 2. The third kappa shape index (κ3) is 2.81. The van der Waals surface area contributed by atoms with Gasteiger partial charge in [0.2, 0.25) is 0 Å². The SMILES string of the molecule is C=C(C)C(=O)OC[C@]12C[C@@H](O)C(C)=CC1OC1[C@H](O)[C@@H](OC(=O)C(=C)C)[C@@]2(C)C12CO2. The Morgan fingerprint density at radius 3 is 2.39 bits per heavy atom. The molecule has 3 fully saturated rings. The molecule has 0 aromatic carbocycles. The molecule has 1 spiro atoms. The Bertz CT molecular complexity index is 886. The van der Waals surface area contributed by atoms with Crippen LogP contribution in [0.25, 0.3) is 0 Å². The highest BCUT2D eigenvalue weighted by molar-refractivity contribution is 5.87. The zero-order chi connectivity index (χ0) is 22.9. The molecule has 170 valence electrons. The molecule has 2 heterocycles. The van der Waals surface area contributed by atoms with Crippen molar-refractivity contribution in [3.8, 4) is 0 Å². The standard InChI is InChI=1S/C23H30O8/c1-11(2)19(26)28-9-22-8-14(24)13(5)7-15(22)30-18-16(25)17(31-20(27)12(3)4)21(22,6)23(18)10-29-23/h7,14-18,24-25H,1,3,8-10H2,2,4-6H3/t14-,15?,16-,17-,18?,21-,22-,23?/m1/s1. The van der Waals surface area contributed by atoms with Crippen LogP contribution in [-0.4, -0.2) is 71.5 Å². The number of fused-ring (bicyclic) bond motifs is 2.